The molecule has 2 aromatic rings. The zero-order valence-electron chi connectivity index (χ0n) is 6.73. The number of rotatable bonds is 1. The maximum Gasteiger partial charge on any atom is 0.265 e. The van der Waals surface area contributed by atoms with E-state index in [1.54, 1.807) is 0 Å². The molecule has 0 aliphatic rings. The number of halogens is 4. The fourth-order valence-electron chi connectivity index (χ4n) is 1.25. The summed E-state index contributed by atoms with van der Waals surface area (Å²) >= 11 is 4.32. The van der Waals surface area contributed by atoms with Crippen molar-refractivity contribution in [2.75, 3.05) is 0 Å². The molecule has 0 unspecified atom stereocenters. The van der Waals surface area contributed by atoms with Gasteiger partial charge in [-0.25, -0.2) is 13.2 Å². The Hall–Kier alpha value is -0.550. The van der Waals surface area contributed by atoms with Gasteiger partial charge >= 0.3 is 0 Å². The summed E-state index contributed by atoms with van der Waals surface area (Å²) in [6, 6.07) is 2.41. The van der Waals surface area contributed by atoms with Crippen LogP contribution in [-0.2, 0) is 0 Å². The quantitative estimate of drug-likeness (QED) is 0.708. The highest BCUT2D eigenvalue weighted by molar-refractivity contribution is 9.10. The van der Waals surface area contributed by atoms with Gasteiger partial charge in [-0.3, -0.25) is 0 Å². The smallest absolute Gasteiger partial charge is 0.207 e. The van der Waals surface area contributed by atoms with Crippen molar-refractivity contribution in [1.82, 2.24) is 0 Å². The molecule has 0 bridgehead atoms. The Labute approximate surface area is 90.5 Å². The molecule has 0 nitrogen and oxygen atoms in total. The summed E-state index contributed by atoms with van der Waals surface area (Å²) in [6.07, 6.45) is -2.56. The molecule has 0 aliphatic heterocycles. The van der Waals surface area contributed by atoms with Gasteiger partial charge in [-0.15, -0.1) is 11.3 Å². The summed E-state index contributed by atoms with van der Waals surface area (Å²) in [5, 5.41) is 1.65. The van der Waals surface area contributed by atoms with E-state index in [0.29, 0.717) is 9.17 Å². The van der Waals surface area contributed by atoms with Gasteiger partial charge in [0.2, 0.25) is 0 Å². The second kappa shape index (κ2) is 3.55. The van der Waals surface area contributed by atoms with Gasteiger partial charge in [0, 0.05) is 25.5 Å². The maximum absolute atomic E-state index is 12.9. The molecule has 0 radical (unpaired) electrons. The van der Waals surface area contributed by atoms with E-state index in [9.17, 15) is 13.2 Å². The van der Waals surface area contributed by atoms with E-state index in [0.717, 1.165) is 6.07 Å². The molecule has 0 spiro atoms. The van der Waals surface area contributed by atoms with Crippen molar-refractivity contribution in [3.05, 3.63) is 33.4 Å². The monoisotopic (exact) mass is 280 g/mol. The SMILES string of the molecule is Fc1cc(Br)c2scc(C(F)F)c2c1. The lowest BCUT2D eigenvalue weighted by atomic mass is 10.2. The number of fused-ring (bicyclic) bond motifs is 1. The van der Waals surface area contributed by atoms with Crippen LogP contribution in [0.25, 0.3) is 10.1 Å². The van der Waals surface area contributed by atoms with Crippen LogP contribution >= 0.6 is 27.3 Å². The molecule has 2 rings (SSSR count). The Balaban J connectivity index is 2.78. The van der Waals surface area contributed by atoms with E-state index in [-0.39, 0.29) is 10.9 Å². The van der Waals surface area contributed by atoms with Crippen molar-refractivity contribution < 1.29 is 13.2 Å². The molecular weight excluding hydrogens is 277 g/mol. The first-order valence-corrected chi connectivity index (χ1v) is 5.41. The average Bonchev–Trinajstić information content (AvgIpc) is 2.47. The van der Waals surface area contributed by atoms with Crippen LogP contribution < -0.4 is 0 Å². The largest absolute Gasteiger partial charge is 0.265 e. The predicted molar refractivity (Wildman–Crippen MR) is 54.4 cm³/mol. The van der Waals surface area contributed by atoms with E-state index in [1.165, 1.54) is 22.8 Å². The fourth-order valence-corrected chi connectivity index (χ4v) is 2.91. The number of hydrogen-bond donors (Lipinski definition) is 0. The van der Waals surface area contributed by atoms with E-state index >= 15 is 0 Å². The predicted octanol–water partition coefficient (Wildman–Crippen LogP) is 4.74. The van der Waals surface area contributed by atoms with E-state index in [4.69, 9.17) is 0 Å². The second-order valence-electron chi connectivity index (χ2n) is 2.76. The molecule has 1 heterocycles. The standard InChI is InChI=1S/C9H4BrF3S/c10-7-2-4(11)1-5-6(9(12)13)3-14-8(5)7/h1-3,9H. The molecule has 1 aromatic heterocycles. The van der Waals surface area contributed by atoms with Crippen LogP contribution in [0.2, 0.25) is 0 Å². The topological polar surface area (TPSA) is 0 Å². The average molecular weight is 281 g/mol. The van der Waals surface area contributed by atoms with Crippen molar-refractivity contribution in [3.63, 3.8) is 0 Å². The Bertz CT molecular complexity index is 478. The van der Waals surface area contributed by atoms with Gasteiger partial charge in [-0.05, 0) is 28.1 Å². The van der Waals surface area contributed by atoms with Crippen LogP contribution in [0.5, 0.6) is 0 Å². The first kappa shape index (κ1) is 9.98. The third-order valence-electron chi connectivity index (χ3n) is 1.86. The van der Waals surface area contributed by atoms with Crippen molar-refractivity contribution in [2.45, 2.75) is 6.43 Å². The third-order valence-corrected chi connectivity index (χ3v) is 3.79. The number of thiophene rings is 1. The summed E-state index contributed by atoms with van der Waals surface area (Å²) in [4.78, 5) is 0. The molecule has 74 valence electrons. The maximum atomic E-state index is 12.9. The van der Waals surface area contributed by atoms with Crippen molar-refractivity contribution in [1.29, 1.82) is 0 Å². The van der Waals surface area contributed by atoms with Crippen LogP contribution in [0, 0.1) is 5.82 Å². The van der Waals surface area contributed by atoms with Crippen LogP contribution in [0.3, 0.4) is 0 Å². The van der Waals surface area contributed by atoms with Crippen molar-refractivity contribution in [2.24, 2.45) is 0 Å². The zero-order valence-corrected chi connectivity index (χ0v) is 9.13. The molecular formula is C9H4BrF3S. The van der Waals surface area contributed by atoms with Gasteiger partial charge in [0.15, 0.2) is 0 Å². The minimum atomic E-state index is -2.56. The molecule has 0 N–H and O–H groups in total. The summed E-state index contributed by atoms with van der Waals surface area (Å²) in [7, 11) is 0. The Morgan fingerprint density at radius 1 is 1.29 bits per heavy atom. The molecule has 0 fully saturated rings. The van der Waals surface area contributed by atoms with Gasteiger partial charge in [-0.1, -0.05) is 0 Å². The highest BCUT2D eigenvalue weighted by Gasteiger charge is 2.15. The Morgan fingerprint density at radius 3 is 2.64 bits per heavy atom. The number of benzene rings is 1. The van der Waals surface area contributed by atoms with Gasteiger partial charge in [0.25, 0.3) is 6.43 Å². The van der Waals surface area contributed by atoms with Crippen LogP contribution in [0.1, 0.15) is 12.0 Å². The van der Waals surface area contributed by atoms with E-state index in [2.05, 4.69) is 15.9 Å². The van der Waals surface area contributed by atoms with Crippen molar-refractivity contribution in [3.8, 4) is 0 Å². The van der Waals surface area contributed by atoms with Crippen molar-refractivity contribution >= 4 is 37.4 Å². The van der Waals surface area contributed by atoms with E-state index < -0.39 is 12.2 Å². The molecule has 0 amide bonds. The number of hydrogen-bond acceptors (Lipinski definition) is 1. The summed E-state index contributed by atoms with van der Waals surface area (Å²) in [6.45, 7) is 0. The summed E-state index contributed by atoms with van der Waals surface area (Å²) < 4.78 is 39.0. The minimum Gasteiger partial charge on any atom is -0.207 e. The molecule has 1 aromatic carbocycles. The summed E-state index contributed by atoms with van der Waals surface area (Å²) in [5.41, 5.74) is -0.106. The van der Waals surface area contributed by atoms with Crippen LogP contribution in [0.4, 0.5) is 13.2 Å². The molecule has 0 aliphatic carbocycles. The highest BCUT2D eigenvalue weighted by atomic mass is 79.9. The Kier molecular flexibility index (Phi) is 2.53. The zero-order chi connectivity index (χ0) is 10.3. The van der Waals surface area contributed by atoms with E-state index in [1.807, 2.05) is 0 Å². The molecule has 5 heteroatoms. The highest BCUT2D eigenvalue weighted by Crippen LogP contribution is 2.37. The molecule has 0 saturated carbocycles. The lowest BCUT2D eigenvalue weighted by molar-refractivity contribution is 0.153. The molecule has 0 atom stereocenters. The summed E-state index contributed by atoms with van der Waals surface area (Å²) in [5.74, 6) is -0.510. The van der Waals surface area contributed by atoms with Crippen LogP contribution in [-0.4, -0.2) is 0 Å². The van der Waals surface area contributed by atoms with Crippen LogP contribution in [0.15, 0.2) is 22.0 Å². The third kappa shape index (κ3) is 1.54. The molecule has 14 heavy (non-hydrogen) atoms. The second-order valence-corrected chi connectivity index (χ2v) is 4.49. The minimum absolute atomic E-state index is 0.106. The lowest BCUT2D eigenvalue weighted by Gasteiger charge is -1.98. The lowest BCUT2D eigenvalue weighted by Crippen LogP contribution is -1.82. The number of alkyl halides is 2. The van der Waals surface area contributed by atoms with Gasteiger partial charge in [0.1, 0.15) is 5.82 Å². The fraction of sp³-hybridized carbons (Fsp3) is 0.111. The Morgan fingerprint density at radius 2 is 2.00 bits per heavy atom. The normalized spacial score (nSPS) is 11.5. The van der Waals surface area contributed by atoms with Gasteiger partial charge < -0.3 is 0 Å². The first-order valence-electron chi connectivity index (χ1n) is 3.74. The van der Waals surface area contributed by atoms with Gasteiger partial charge in [0.05, 0.1) is 0 Å². The molecule has 0 saturated heterocycles. The van der Waals surface area contributed by atoms with Gasteiger partial charge in [-0.2, -0.15) is 0 Å². The first-order chi connectivity index (χ1) is 6.59.